The lowest BCUT2D eigenvalue weighted by atomic mass is 10.1. The monoisotopic (exact) mass is 352 g/mol. The van der Waals surface area contributed by atoms with Crippen LogP contribution in [0, 0.1) is 13.8 Å². The summed E-state index contributed by atoms with van der Waals surface area (Å²) in [6, 6.07) is 27.4. The zero-order valence-corrected chi connectivity index (χ0v) is 15.4. The maximum Gasteiger partial charge on any atom is 0.264 e. The Morgan fingerprint density at radius 3 is 2.07 bits per heavy atom. The first-order valence-corrected chi connectivity index (χ1v) is 8.96. The zero-order valence-electron chi connectivity index (χ0n) is 15.4. The first-order chi connectivity index (χ1) is 13.1. The molecule has 4 aromatic rings. The largest absolute Gasteiger partial charge is 0.268 e. The van der Waals surface area contributed by atoms with E-state index in [0.717, 1.165) is 28.1 Å². The molecule has 0 bridgehead atoms. The van der Waals surface area contributed by atoms with E-state index in [2.05, 4.69) is 19.1 Å². The van der Waals surface area contributed by atoms with Crippen LogP contribution in [-0.2, 0) is 0 Å². The van der Waals surface area contributed by atoms with Gasteiger partial charge in [-0.05, 0) is 32.0 Å². The van der Waals surface area contributed by atoms with Crippen LogP contribution in [0.3, 0.4) is 0 Å². The Balaban J connectivity index is 1.99. The van der Waals surface area contributed by atoms with E-state index in [4.69, 9.17) is 4.98 Å². The van der Waals surface area contributed by atoms with Crippen LogP contribution in [0.2, 0.25) is 0 Å². The third-order valence-electron chi connectivity index (χ3n) is 4.60. The number of hydrogen-bond donors (Lipinski definition) is 0. The smallest absolute Gasteiger partial charge is 0.264 e. The normalized spacial score (nSPS) is 10.7. The van der Waals surface area contributed by atoms with Crippen molar-refractivity contribution >= 4 is 5.91 Å². The van der Waals surface area contributed by atoms with E-state index < -0.39 is 0 Å². The number of nitrogens with zero attached hydrogens (tertiary/aromatic N) is 2. The van der Waals surface area contributed by atoms with Crippen LogP contribution in [0.4, 0.5) is 0 Å². The van der Waals surface area contributed by atoms with Gasteiger partial charge in [0, 0.05) is 16.7 Å². The van der Waals surface area contributed by atoms with Crippen molar-refractivity contribution in [1.82, 2.24) is 9.55 Å². The summed E-state index contributed by atoms with van der Waals surface area (Å²) in [4.78, 5) is 18.2. The van der Waals surface area contributed by atoms with Gasteiger partial charge >= 0.3 is 0 Å². The third-order valence-corrected chi connectivity index (χ3v) is 4.60. The van der Waals surface area contributed by atoms with Crippen LogP contribution in [0.1, 0.15) is 21.6 Å². The zero-order chi connectivity index (χ0) is 18.8. The Bertz CT molecular complexity index is 1100. The number of benzene rings is 3. The Morgan fingerprint density at radius 1 is 0.778 bits per heavy atom. The van der Waals surface area contributed by atoms with Gasteiger partial charge in [0.25, 0.3) is 5.91 Å². The van der Waals surface area contributed by atoms with Gasteiger partial charge in [0.1, 0.15) is 5.82 Å². The lowest BCUT2D eigenvalue weighted by Crippen LogP contribution is -2.15. The number of aromatic nitrogens is 2. The van der Waals surface area contributed by atoms with E-state index in [0.29, 0.717) is 11.4 Å². The van der Waals surface area contributed by atoms with E-state index in [1.165, 1.54) is 0 Å². The van der Waals surface area contributed by atoms with E-state index in [1.54, 1.807) is 4.57 Å². The van der Waals surface area contributed by atoms with Crippen molar-refractivity contribution in [1.29, 1.82) is 0 Å². The Hall–Kier alpha value is -3.46. The van der Waals surface area contributed by atoms with Gasteiger partial charge in [-0.25, -0.2) is 4.98 Å². The van der Waals surface area contributed by atoms with Crippen LogP contribution in [0.25, 0.3) is 22.6 Å². The molecule has 3 nitrogen and oxygen atoms in total. The maximum atomic E-state index is 13.5. The third kappa shape index (κ3) is 3.20. The lowest BCUT2D eigenvalue weighted by Gasteiger charge is -2.12. The molecule has 1 heterocycles. The van der Waals surface area contributed by atoms with Gasteiger partial charge in [0.05, 0.1) is 11.4 Å². The van der Waals surface area contributed by atoms with Gasteiger partial charge in [-0.2, -0.15) is 0 Å². The van der Waals surface area contributed by atoms with Crippen molar-refractivity contribution in [3.05, 3.63) is 102 Å². The summed E-state index contributed by atoms with van der Waals surface area (Å²) < 4.78 is 1.74. The van der Waals surface area contributed by atoms with E-state index in [-0.39, 0.29) is 5.91 Å². The minimum Gasteiger partial charge on any atom is -0.268 e. The van der Waals surface area contributed by atoms with E-state index >= 15 is 0 Å². The highest BCUT2D eigenvalue weighted by atomic mass is 16.2. The molecule has 0 atom stereocenters. The number of aryl methyl sites for hydroxylation is 2. The minimum atomic E-state index is -0.0773. The fraction of sp³-hybridized carbons (Fsp3) is 0.0833. The standard InChI is InChI=1S/C24H20N2O/c1-17-10-9-15-21(16-17)22-18(2)25-23(19-11-5-3-6-12-19)26(22)24(27)20-13-7-4-8-14-20/h3-16H,1-2H3. The summed E-state index contributed by atoms with van der Waals surface area (Å²) in [5.74, 6) is 0.588. The van der Waals surface area contributed by atoms with Gasteiger partial charge in [-0.3, -0.25) is 9.36 Å². The highest BCUT2D eigenvalue weighted by Gasteiger charge is 2.23. The van der Waals surface area contributed by atoms with Gasteiger partial charge in [-0.1, -0.05) is 72.3 Å². The van der Waals surface area contributed by atoms with Crippen LogP contribution in [0.5, 0.6) is 0 Å². The summed E-state index contributed by atoms with van der Waals surface area (Å²) in [7, 11) is 0. The van der Waals surface area contributed by atoms with E-state index in [9.17, 15) is 4.79 Å². The summed E-state index contributed by atoms with van der Waals surface area (Å²) in [5.41, 5.74) is 5.37. The molecule has 132 valence electrons. The summed E-state index contributed by atoms with van der Waals surface area (Å²) in [6.45, 7) is 4.01. The fourth-order valence-electron chi connectivity index (χ4n) is 3.35. The molecule has 3 aromatic carbocycles. The van der Waals surface area contributed by atoms with Crippen molar-refractivity contribution in [2.75, 3.05) is 0 Å². The van der Waals surface area contributed by atoms with Gasteiger partial charge < -0.3 is 0 Å². The molecule has 3 heteroatoms. The highest BCUT2D eigenvalue weighted by molar-refractivity contribution is 6.01. The van der Waals surface area contributed by atoms with Crippen LogP contribution >= 0.6 is 0 Å². The molecule has 0 aliphatic carbocycles. The predicted octanol–water partition coefficient (Wildman–Crippen LogP) is 5.52. The number of imidazole rings is 1. The second kappa shape index (κ2) is 7.04. The first-order valence-electron chi connectivity index (χ1n) is 8.96. The topological polar surface area (TPSA) is 34.9 Å². The molecule has 27 heavy (non-hydrogen) atoms. The van der Waals surface area contributed by atoms with Crippen LogP contribution in [-0.4, -0.2) is 15.5 Å². The average molecular weight is 352 g/mol. The summed E-state index contributed by atoms with van der Waals surface area (Å²) in [6.07, 6.45) is 0. The second-order valence-corrected chi connectivity index (χ2v) is 6.61. The Labute approximate surface area is 158 Å². The Morgan fingerprint density at radius 2 is 1.41 bits per heavy atom. The number of rotatable bonds is 3. The summed E-state index contributed by atoms with van der Waals surface area (Å²) in [5, 5.41) is 0. The second-order valence-electron chi connectivity index (χ2n) is 6.61. The van der Waals surface area contributed by atoms with Crippen molar-refractivity contribution in [2.24, 2.45) is 0 Å². The van der Waals surface area contributed by atoms with E-state index in [1.807, 2.05) is 79.7 Å². The molecule has 0 aliphatic heterocycles. The quantitative estimate of drug-likeness (QED) is 0.486. The molecule has 0 aliphatic rings. The molecule has 0 saturated heterocycles. The van der Waals surface area contributed by atoms with Gasteiger partial charge in [0.15, 0.2) is 0 Å². The lowest BCUT2D eigenvalue weighted by molar-refractivity contribution is 0.0963. The predicted molar refractivity (Wildman–Crippen MR) is 109 cm³/mol. The van der Waals surface area contributed by atoms with Crippen molar-refractivity contribution in [2.45, 2.75) is 13.8 Å². The molecule has 1 aromatic heterocycles. The van der Waals surface area contributed by atoms with Crippen molar-refractivity contribution < 1.29 is 4.79 Å². The highest BCUT2D eigenvalue weighted by Crippen LogP contribution is 2.31. The minimum absolute atomic E-state index is 0.0773. The first kappa shape index (κ1) is 17.0. The molecule has 0 spiro atoms. The molecular formula is C24H20N2O. The van der Waals surface area contributed by atoms with Crippen LogP contribution < -0.4 is 0 Å². The number of carbonyl (C=O) groups excluding carboxylic acids is 1. The molecule has 0 fully saturated rings. The molecule has 0 radical (unpaired) electrons. The molecular weight excluding hydrogens is 332 g/mol. The summed E-state index contributed by atoms with van der Waals surface area (Å²) >= 11 is 0. The number of carbonyl (C=O) groups is 1. The molecule has 0 amide bonds. The van der Waals surface area contributed by atoms with Crippen LogP contribution in [0.15, 0.2) is 84.9 Å². The van der Waals surface area contributed by atoms with Crippen molar-refractivity contribution in [3.8, 4) is 22.6 Å². The average Bonchev–Trinajstić information content (AvgIpc) is 3.06. The Kier molecular flexibility index (Phi) is 4.43. The molecule has 0 N–H and O–H groups in total. The SMILES string of the molecule is Cc1cccc(-c2c(C)nc(-c3ccccc3)n2C(=O)c2ccccc2)c1. The number of hydrogen-bond acceptors (Lipinski definition) is 2. The fourth-order valence-corrected chi connectivity index (χ4v) is 3.35. The molecule has 0 saturated carbocycles. The molecule has 4 rings (SSSR count). The van der Waals surface area contributed by atoms with Gasteiger partial charge in [-0.15, -0.1) is 0 Å². The van der Waals surface area contributed by atoms with Gasteiger partial charge in [0.2, 0.25) is 0 Å². The molecule has 0 unspecified atom stereocenters. The van der Waals surface area contributed by atoms with Crippen molar-refractivity contribution in [3.63, 3.8) is 0 Å². The maximum absolute atomic E-state index is 13.5.